The molecule has 0 aliphatic rings. The lowest BCUT2D eigenvalue weighted by Crippen LogP contribution is -2.30. The third-order valence-corrected chi connectivity index (χ3v) is 3.57. The molecule has 24 heavy (non-hydrogen) atoms. The Kier molecular flexibility index (Phi) is 4.46. The van der Waals surface area contributed by atoms with Gasteiger partial charge in [-0.2, -0.15) is 0 Å². The average Bonchev–Trinajstić information content (AvgIpc) is 2.95. The lowest BCUT2D eigenvalue weighted by atomic mass is 10.2. The number of benzene rings is 1. The van der Waals surface area contributed by atoms with E-state index in [2.05, 4.69) is 26.5 Å². The van der Waals surface area contributed by atoms with Gasteiger partial charge in [0.25, 0.3) is 0 Å². The Hall–Kier alpha value is -2.89. The van der Waals surface area contributed by atoms with Crippen LogP contribution in [-0.2, 0) is 12.8 Å². The molecule has 3 aromatic rings. The largest absolute Gasteiger partial charge is 0.342 e. The summed E-state index contributed by atoms with van der Waals surface area (Å²) in [4.78, 5) is 16.0. The van der Waals surface area contributed by atoms with E-state index in [-0.39, 0.29) is 0 Å². The first-order valence-electron chi connectivity index (χ1n) is 7.54. The first-order valence-corrected chi connectivity index (χ1v) is 7.54. The highest BCUT2D eigenvalue weighted by Crippen LogP contribution is 2.16. The number of aryl methyl sites for hydroxylation is 2. The molecule has 0 aliphatic heterocycles. The number of fused-ring (bicyclic) bond motifs is 1. The lowest BCUT2D eigenvalue weighted by molar-refractivity contribution is 0.510. The Morgan fingerprint density at radius 1 is 1.17 bits per heavy atom. The molecule has 2 heterocycles. The smallest absolute Gasteiger partial charge is 0.161 e. The van der Waals surface area contributed by atoms with Crippen LogP contribution in [0, 0.1) is 11.6 Å². The number of aromatic amines is 1. The van der Waals surface area contributed by atoms with Gasteiger partial charge in [-0.05, 0) is 19.4 Å². The zero-order valence-electron chi connectivity index (χ0n) is 13.2. The molecule has 0 amide bonds. The number of hydrogen-bond acceptors (Lipinski definition) is 3. The molecular weight excluding hydrogens is 310 g/mol. The van der Waals surface area contributed by atoms with Crippen molar-refractivity contribution in [2.45, 2.75) is 19.8 Å². The van der Waals surface area contributed by atoms with Crippen molar-refractivity contribution >= 4 is 23.7 Å². The van der Waals surface area contributed by atoms with Gasteiger partial charge in [-0.25, -0.2) is 18.7 Å². The van der Waals surface area contributed by atoms with E-state index < -0.39 is 11.6 Å². The van der Waals surface area contributed by atoms with E-state index in [0.29, 0.717) is 35.0 Å². The summed E-state index contributed by atoms with van der Waals surface area (Å²) in [5.41, 5.74) is 1.69. The predicted octanol–water partition coefficient (Wildman–Crippen LogP) is 2.18. The second-order valence-electron chi connectivity index (χ2n) is 5.35. The van der Waals surface area contributed by atoms with Crippen LogP contribution in [0.2, 0.25) is 0 Å². The van der Waals surface area contributed by atoms with Gasteiger partial charge in [0.1, 0.15) is 5.82 Å². The van der Waals surface area contributed by atoms with E-state index in [1.165, 1.54) is 0 Å². The van der Waals surface area contributed by atoms with Crippen LogP contribution in [0.4, 0.5) is 8.78 Å². The van der Waals surface area contributed by atoms with E-state index >= 15 is 0 Å². The molecule has 1 aromatic carbocycles. The molecule has 0 bridgehead atoms. The van der Waals surface area contributed by atoms with Gasteiger partial charge >= 0.3 is 0 Å². The number of nitrogens with one attached hydrogen (secondary N) is 1. The summed E-state index contributed by atoms with van der Waals surface area (Å²) in [5, 5.41) is 1.34. The maximum atomic E-state index is 13.2. The van der Waals surface area contributed by atoms with E-state index in [4.69, 9.17) is 0 Å². The summed E-state index contributed by atoms with van der Waals surface area (Å²) < 4.78 is 26.5. The summed E-state index contributed by atoms with van der Waals surface area (Å²) >= 11 is 0. The molecule has 0 radical (unpaired) electrons. The number of H-pyrrole nitrogens is 1. The fourth-order valence-corrected chi connectivity index (χ4v) is 2.33. The van der Waals surface area contributed by atoms with Crippen molar-refractivity contribution < 1.29 is 8.78 Å². The van der Waals surface area contributed by atoms with Crippen LogP contribution >= 0.6 is 0 Å². The van der Waals surface area contributed by atoms with E-state index in [1.807, 2.05) is 25.2 Å². The minimum Gasteiger partial charge on any atom is -0.342 e. The molecule has 4 nitrogen and oxygen atoms in total. The summed E-state index contributed by atoms with van der Waals surface area (Å²) in [6.07, 6.45) is 8.48. The number of halogens is 2. The molecule has 0 atom stereocenters. The monoisotopic (exact) mass is 326 g/mol. The number of imidazole rings is 1. The van der Waals surface area contributed by atoms with Gasteiger partial charge in [-0.3, -0.25) is 4.98 Å². The van der Waals surface area contributed by atoms with Crippen LogP contribution in [0.15, 0.2) is 30.5 Å². The van der Waals surface area contributed by atoms with Crippen LogP contribution in [-0.4, -0.2) is 19.9 Å². The van der Waals surface area contributed by atoms with Gasteiger partial charge in [0, 0.05) is 24.8 Å². The molecule has 0 aliphatic carbocycles. The second kappa shape index (κ2) is 6.70. The maximum absolute atomic E-state index is 13.2. The molecular formula is C18H16F2N4. The molecule has 0 saturated heterocycles. The summed E-state index contributed by atoms with van der Waals surface area (Å²) in [6.45, 7) is 5.77. The highest BCUT2D eigenvalue weighted by atomic mass is 19.2. The third-order valence-electron chi connectivity index (χ3n) is 3.57. The quantitative estimate of drug-likeness (QED) is 0.799. The number of hydrogen-bond donors (Lipinski definition) is 1. The molecule has 2 aromatic heterocycles. The topological polar surface area (TPSA) is 54.5 Å². The zero-order valence-corrected chi connectivity index (χ0v) is 13.2. The minimum absolute atomic E-state index is 0.408. The molecule has 1 N–H and O–H groups in total. The predicted molar refractivity (Wildman–Crippen MR) is 89.5 cm³/mol. The fourth-order valence-electron chi connectivity index (χ4n) is 2.33. The average molecular weight is 326 g/mol. The van der Waals surface area contributed by atoms with Crippen LogP contribution < -0.4 is 10.7 Å². The molecule has 6 heteroatoms. The summed E-state index contributed by atoms with van der Waals surface area (Å²) in [5.74, 6) is -1.14. The Morgan fingerprint density at radius 2 is 1.96 bits per heavy atom. The van der Waals surface area contributed by atoms with Gasteiger partial charge < -0.3 is 4.98 Å². The molecule has 122 valence electrons. The van der Waals surface area contributed by atoms with Crippen LogP contribution in [0.5, 0.6) is 0 Å². The van der Waals surface area contributed by atoms with Gasteiger partial charge in [0.2, 0.25) is 0 Å². The molecule has 0 fully saturated rings. The first-order chi connectivity index (χ1) is 11.6. The third kappa shape index (κ3) is 3.37. The highest BCUT2D eigenvalue weighted by molar-refractivity contribution is 5.75. The Labute approximate surface area is 137 Å². The van der Waals surface area contributed by atoms with Crippen LogP contribution in [0.1, 0.15) is 18.4 Å². The van der Waals surface area contributed by atoms with Gasteiger partial charge in [-0.15, -0.1) is 0 Å². The number of rotatable bonds is 4. The fraction of sp³-hybridized carbons (Fsp3) is 0.167. The lowest BCUT2D eigenvalue weighted by Gasteiger charge is -1.98. The van der Waals surface area contributed by atoms with Crippen molar-refractivity contribution in [3.8, 4) is 0 Å². The van der Waals surface area contributed by atoms with Crippen molar-refractivity contribution in [2.24, 2.45) is 0 Å². The van der Waals surface area contributed by atoms with Gasteiger partial charge in [-0.1, -0.05) is 18.7 Å². The SMILES string of the molecule is C=c1ncc(CCc2nc3cc(F)c(F)cc3[nH]2)n/c1=C/C=C\C. The normalized spacial score (nSPS) is 12.5. The minimum atomic E-state index is -0.901. The van der Waals surface area contributed by atoms with Gasteiger partial charge in [0.05, 0.1) is 27.4 Å². The van der Waals surface area contributed by atoms with Crippen LogP contribution in [0.25, 0.3) is 23.7 Å². The van der Waals surface area contributed by atoms with Crippen molar-refractivity contribution in [3.63, 3.8) is 0 Å². The maximum Gasteiger partial charge on any atom is 0.161 e. The van der Waals surface area contributed by atoms with Crippen molar-refractivity contribution in [3.05, 3.63) is 64.3 Å². The Morgan fingerprint density at radius 3 is 2.75 bits per heavy atom. The highest BCUT2D eigenvalue weighted by Gasteiger charge is 2.09. The summed E-state index contributed by atoms with van der Waals surface area (Å²) in [7, 11) is 0. The Bertz CT molecular complexity index is 982. The van der Waals surface area contributed by atoms with E-state index in [1.54, 1.807) is 6.20 Å². The number of nitrogens with zero attached hydrogens (tertiary/aromatic N) is 3. The van der Waals surface area contributed by atoms with E-state index in [9.17, 15) is 8.78 Å². The number of aromatic nitrogens is 4. The Balaban J connectivity index is 1.82. The molecule has 3 rings (SSSR count). The van der Waals surface area contributed by atoms with Crippen molar-refractivity contribution in [2.75, 3.05) is 0 Å². The molecule has 0 saturated carbocycles. The number of allylic oxidation sites excluding steroid dienone is 2. The van der Waals surface area contributed by atoms with Crippen LogP contribution in [0.3, 0.4) is 0 Å². The summed E-state index contributed by atoms with van der Waals surface area (Å²) in [6, 6.07) is 2.20. The van der Waals surface area contributed by atoms with Gasteiger partial charge in [0.15, 0.2) is 11.6 Å². The van der Waals surface area contributed by atoms with Crippen molar-refractivity contribution in [1.29, 1.82) is 0 Å². The zero-order chi connectivity index (χ0) is 17.1. The molecule has 0 unspecified atom stereocenters. The van der Waals surface area contributed by atoms with E-state index in [0.717, 1.165) is 23.2 Å². The van der Waals surface area contributed by atoms with Crippen molar-refractivity contribution in [1.82, 2.24) is 19.9 Å². The standard InChI is InChI=1S/C18H16F2N4/c1-3-4-5-15-11(2)21-10-12(22-15)6-7-18-23-16-8-13(19)14(20)9-17(16)24-18/h3-5,8-10H,2,6-7H2,1H3,(H,23,24)/b4-3-,15-5+. The molecule has 0 spiro atoms. The first kappa shape index (κ1) is 16.0. The second-order valence-corrected chi connectivity index (χ2v) is 5.35.